The molecule has 1 unspecified atom stereocenters. The Labute approximate surface area is 84.1 Å². The van der Waals surface area contributed by atoms with Gasteiger partial charge in [0.05, 0.1) is 13.2 Å². The first kappa shape index (κ1) is 11.4. The van der Waals surface area contributed by atoms with Crippen LogP contribution in [0.5, 0.6) is 0 Å². The minimum atomic E-state index is -0.528. The Bertz CT molecular complexity index is 179. The second-order valence-electron chi connectivity index (χ2n) is 3.41. The topological polar surface area (TPSA) is 64.8 Å². The third-order valence-corrected chi connectivity index (χ3v) is 2.13. The largest absolute Gasteiger partial charge is 0.463 e. The van der Waals surface area contributed by atoms with Gasteiger partial charge in [-0.2, -0.15) is 0 Å². The van der Waals surface area contributed by atoms with E-state index in [0.29, 0.717) is 6.61 Å². The van der Waals surface area contributed by atoms with Crippen molar-refractivity contribution in [2.45, 2.75) is 13.0 Å². The van der Waals surface area contributed by atoms with Gasteiger partial charge in [0.25, 0.3) is 0 Å². The van der Waals surface area contributed by atoms with Crippen molar-refractivity contribution < 1.29 is 14.3 Å². The van der Waals surface area contributed by atoms with Crippen LogP contribution in [0.15, 0.2) is 0 Å². The average Bonchev–Trinajstić information content (AvgIpc) is 2.19. The molecule has 1 rings (SSSR count). The van der Waals surface area contributed by atoms with E-state index in [1.807, 2.05) is 0 Å². The first-order valence-electron chi connectivity index (χ1n) is 4.92. The van der Waals surface area contributed by atoms with Crippen LogP contribution in [0, 0.1) is 0 Å². The number of rotatable bonds is 4. The summed E-state index contributed by atoms with van der Waals surface area (Å²) < 4.78 is 10.2. The van der Waals surface area contributed by atoms with E-state index in [1.165, 1.54) is 0 Å². The number of esters is 1. The fraction of sp³-hybridized carbons (Fsp3) is 0.889. The van der Waals surface area contributed by atoms with Crippen LogP contribution in [0.4, 0.5) is 0 Å². The molecule has 1 saturated heterocycles. The SMILES string of the molecule is CC(N)C(=O)OCCN1CCOCC1. The molecule has 0 aromatic heterocycles. The van der Waals surface area contributed by atoms with Gasteiger partial charge < -0.3 is 15.2 Å². The van der Waals surface area contributed by atoms with E-state index in [1.54, 1.807) is 6.92 Å². The average molecular weight is 202 g/mol. The van der Waals surface area contributed by atoms with Crippen molar-refractivity contribution in [1.82, 2.24) is 4.90 Å². The maximum absolute atomic E-state index is 11.0. The Balaban J connectivity index is 2.05. The van der Waals surface area contributed by atoms with Gasteiger partial charge in [0.1, 0.15) is 12.6 Å². The minimum Gasteiger partial charge on any atom is -0.463 e. The molecule has 1 aliphatic rings. The lowest BCUT2D eigenvalue weighted by molar-refractivity contribution is -0.145. The molecule has 5 nitrogen and oxygen atoms in total. The fourth-order valence-electron chi connectivity index (χ4n) is 1.23. The molecule has 2 N–H and O–H groups in total. The summed E-state index contributed by atoms with van der Waals surface area (Å²) in [5, 5.41) is 0. The highest BCUT2D eigenvalue weighted by atomic mass is 16.5. The van der Waals surface area contributed by atoms with E-state index >= 15 is 0 Å². The minimum absolute atomic E-state index is 0.335. The van der Waals surface area contributed by atoms with Crippen LogP contribution >= 0.6 is 0 Å². The summed E-state index contributed by atoms with van der Waals surface area (Å²) in [5.74, 6) is -0.335. The summed E-state index contributed by atoms with van der Waals surface area (Å²) in [6, 6.07) is -0.528. The standard InChI is InChI=1S/C9H18N2O3/c1-8(10)9(12)14-7-4-11-2-5-13-6-3-11/h8H,2-7,10H2,1H3. The van der Waals surface area contributed by atoms with Crippen molar-refractivity contribution in [3.8, 4) is 0 Å². The lowest BCUT2D eigenvalue weighted by atomic mass is 10.4. The molecule has 1 heterocycles. The van der Waals surface area contributed by atoms with E-state index in [9.17, 15) is 4.79 Å². The van der Waals surface area contributed by atoms with Crippen LogP contribution in [-0.4, -0.2) is 56.4 Å². The molecule has 0 radical (unpaired) electrons. The number of hydrogen-bond acceptors (Lipinski definition) is 5. The van der Waals surface area contributed by atoms with E-state index < -0.39 is 6.04 Å². The van der Waals surface area contributed by atoms with Gasteiger partial charge in [-0.15, -0.1) is 0 Å². The summed E-state index contributed by atoms with van der Waals surface area (Å²) in [5.41, 5.74) is 5.35. The fourth-order valence-corrected chi connectivity index (χ4v) is 1.23. The number of hydrogen-bond donors (Lipinski definition) is 1. The zero-order valence-corrected chi connectivity index (χ0v) is 8.57. The van der Waals surface area contributed by atoms with Crippen LogP contribution in [0.2, 0.25) is 0 Å². The van der Waals surface area contributed by atoms with Crippen molar-refractivity contribution in [1.29, 1.82) is 0 Å². The first-order chi connectivity index (χ1) is 6.70. The van der Waals surface area contributed by atoms with Gasteiger partial charge in [0, 0.05) is 19.6 Å². The van der Waals surface area contributed by atoms with E-state index in [-0.39, 0.29) is 5.97 Å². The monoisotopic (exact) mass is 202 g/mol. The number of nitrogens with two attached hydrogens (primary N) is 1. The second-order valence-corrected chi connectivity index (χ2v) is 3.41. The Morgan fingerprint density at radius 2 is 2.21 bits per heavy atom. The zero-order chi connectivity index (χ0) is 10.4. The molecule has 14 heavy (non-hydrogen) atoms. The summed E-state index contributed by atoms with van der Waals surface area (Å²) >= 11 is 0. The Hall–Kier alpha value is -0.650. The number of carbonyl (C=O) groups excluding carboxylic acids is 1. The van der Waals surface area contributed by atoms with Crippen molar-refractivity contribution in [3.05, 3.63) is 0 Å². The van der Waals surface area contributed by atoms with Gasteiger partial charge in [-0.3, -0.25) is 9.69 Å². The molecule has 0 aliphatic carbocycles. The molecule has 5 heteroatoms. The maximum atomic E-state index is 11.0. The molecule has 0 spiro atoms. The predicted molar refractivity (Wildman–Crippen MR) is 51.9 cm³/mol. The summed E-state index contributed by atoms with van der Waals surface area (Å²) in [6.07, 6.45) is 0. The first-order valence-corrected chi connectivity index (χ1v) is 4.92. The van der Waals surface area contributed by atoms with Gasteiger partial charge in [0.15, 0.2) is 0 Å². The molecule has 1 atom stereocenters. The lowest BCUT2D eigenvalue weighted by Crippen LogP contribution is -2.39. The molecule has 1 fully saturated rings. The smallest absolute Gasteiger partial charge is 0.322 e. The van der Waals surface area contributed by atoms with Crippen LogP contribution in [-0.2, 0) is 14.3 Å². The molecule has 0 saturated carbocycles. The van der Waals surface area contributed by atoms with E-state index in [2.05, 4.69) is 4.90 Å². The van der Waals surface area contributed by atoms with Crippen molar-refractivity contribution in [2.75, 3.05) is 39.5 Å². The molecule has 0 aromatic carbocycles. The molecule has 0 amide bonds. The van der Waals surface area contributed by atoms with Crippen LogP contribution in [0.1, 0.15) is 6.92 Å². The number of carbonyl (C=O) groups is 1. The number of morpholine rings is 1. The Morgan fingerprint density at radius 1 is 1.57 bits per heavy atom. The third-order valence-electron chi connectivity index (χ3n) is 2.13. The highest BCUT2D eigenvalue weighted by Crippen LogP contribution is 1.96. The van der Waals surface area contributed by atoms with Crippen LogP contribution in [0.3, 0.4) is 0 Å². The summed E-state index contributed by atoms with van der Waals surface area (Å²) in [6.45, 7) is 6.16. The van der Waals surface area contributed by atoms with Gasteiger partial charge in [-0.05, 0) is 6.92 Å². The predicted octanol–water partition coefficient (Wildman–Crippen LogP) is -0.791. The van der Waals surface area contributed by atoms with Crippen LogP contribution < -0.4 is 5.73 Å². The third kappa shape index (κ3) is 4.04. The van der Waals surface area contributed by atoms with Crippen LogP contribution in [0.25, 0.3) is 0 Å². The zero-order valence-electron chi connectivity index (χ0n) is 8.57. The summed E-state index contributed by atoms with van der Waals surface area (Å²) in [4.78, 5) is 13.2. The molecular formula is C9H18N2O3. The van der Waals surface area contributed by atoms with Gasteiger partial charge in [-0.1, -0.05) is 0 Å². The molecule has 0 aromatic rings. The molecule has 82 valence electrons. The molecule has 1 aliphatic heterocycles. The summed E-state index contributed by atoms with van der Waals surface area (Å²) in [7, 11) is 0. The van der Waals surface area contributed by atoms with Gasteiger partial charge >= 0.3 is 5.97 Å². The maximum Gasteiger partial charge on any atom is 0.322 e. The quantitative estimate of drug-likeness (QED) is 0.605. The van der Waals surface area contributed by atoms with E-state index in [0.717, 1.165) is 32.8 Å². The Morgan fingerprint density at radius 3 is 2.79 bits per heavy atom. The molecule has 0 bridgehead atoms. The van der Waals surface area contributed by atoms with E-state index in [4.69, 9.17) is 15.2 Å². The van der Waals surface area contributed by atoms with Crippen molar-refractivity contribution in [2.24, 2.45) is 5.73 Å². The Kier molecular flexibility index (Phi) is 4.86. The van der Waals surface area contributed by atoms with Crippen molar-refractivity contribution >= 4 is 5.97 Å². The number of ether oxygens (including phenoxy) is 2. The highest BCUT2D eigenvalue weighted by molar-refractivity contribution is 5.74. The van der Waals surface area contributed by atoms with Gasteiger partial charge in [0.2, 0.25) is 0 Å². The normalized spacial score (nSPS) is 20.4. The second kappa shape index (κ2) is 5.95. The number of nitrogens with zero attached hydrogens (tertiary/aromatic N) is 1. The van der Waals surface area contributed by atoms with Gasteiger partial charge in [-0.25, -0.2) is 0 Å². The lowest BCUT2D eigenvalue weighted by Gasteiger charge is -2.26. The molecular weight excluding hydrogens is 184 g/mol. The highest BCUT2D eigenvalue weighted by Gasteiger charge is 2.12. The van der Waals surface area contributed by atoms with Crippen molar-refractivity contribution in [3.63, 3.8) is 0 Å².